The van der Waals surface area contributed by atoms with Crippen molar-refractivity contribution in [1.29, 1.82) is 0 Å². The van der Waals surface area contributed by atoms with E-state index in [2.05, 4.69) is 16.4 Å². The number of nitrogens with one attached hydrogen (secondary N) is 1. The molecule has 1 unspecified atom stereocenters. The zero-order chi connectivity index (χ0) is 16.9. The minimum atomic E-state index is -0.276. The summed E-state index contributed by atoms with van der Waals surface area (Å²) in [6, 6.07) is 10.2. The predicted octanol–water partition coefficient (Wildman–Crippen LogP) is 3.21. The van der Waals surface area contributed by atoms with Gasteiger partial charge in [0.1, 0.15) is 11.6 Å². The second kappa shape index (κ2) is 7.43. The van der Waals surface area contributed by atoms with Crippen LogP contribution < -0.4 is 5.32 Å². The molecular weight excluding hydrogens is 305 g/mol. The van der Waals surface area contributed by atoms with Crippen molar-refractivity contribution in [3.8, 4) is 0 Å². The number of anilines is 1. The van der Waals surface area contributed by atoms with E-state index in [4.69, 9.17) is 0 Å². The summed E-state index contributed by atoms with van der Waals surface area (Å²) < 4.78 is 13.0. The van der Waals surface area contributed by atoms with Crippen molar-refractivity contribution in [3.63, 3.8) is 0 Å². The molecule has 5 heteroatoms. The van der Waals surface area contributed by atoms with E-state index in [1.54, 1.807) is 18.3 Å². The number of carbonyl (C=O) groups is 1. The fourth-order valence-corrected chi connectivity index (χ4v) is 3.20. The molecule has 1 fully saturated rings. The van der Waals surface area contributed by atoms with Gasteiger partial charge in [0, 0.05) is 32.3 Å². The van der Waals surface area contributed by atoms with Crippen molar-refractivity contribution < 1.29 is 9.18 Å². The topological polar surface area (TPSA) is 45.2 Å². The van der Waals surface area contributed by atoms with Crippen LogP contribution in [0.5, 0.6) is 0 Å². The third kappa shape index (κ3) is 3.91. The maximum Gasteiger partial charge on any atom is 0.227 e. The lowest BCUT2D eigenvalue weighted by atomic mass is 9.91. The summed E-state index contributed by atoms with van der Waals surface area (Å²) in [6.07, 6.45) is 4.20. The van der Waals surface area contributed by atoms with E-state index in [0.29, 0.717) is 12.3 Å². The number of pyridine rings is 1. The van der Waals surface area contributed by atoms with Gasteiger partial charge in [0.15, 0.2) is 0 Å². The molecule has 0 aliphatic carbocycles. The molecule has 1 aromatic heterocycles. The van der Waals surface area contributed by atoms with Crippen LogP contribution >= 0.6 is 0 Å². The van der Waals surface area contributed by atoms with E-state index < -0.39 is 0 Å². The molecule has 2 heterocycles. The van der Waals surface area contributed by atoms with E-state index in [0.717, 1.165) is 37.3 Å². The van der Waals surface area contributed by atoms with Crippen molar-refractivity contribution in [2.75, 3.05) is 25.5 Å². The molecule has 1 saturated heterocycles. The number of hydrogen-bond acceptors (Lipinski definition) is 3. The average Bonchev–Trinajstić information content (AvgIpc) is 2.64. The Morgan fingerprint density at radius 2 is 2.12 bits per heavy atom. The van der Waals surface area contributed by atoms with Crippen LogP contribution in [0.3, 0.4) is 0 Å². The van der Waals surface area contributed by atoms with Crippen LogP contribution in [-0.4, -0.2) is 35.9 Å². The van der Waals surface area contributed by atoms with Gasteiger partial charge < -0.3 is 10.2 Å². The summed E-state index contributed by atoms with van der Waals surface area (Å²) in [7, 11) is 1.85. The second-order valence-corrected chi connectivity index (χ2v) is 6.21. The maximum atomic E-state index is 13.0. The summed E-state index contributed by atoms with van der Waals surface area (Å²) in [6.45, 7) is 1.52. The highest BCUT2D eigenvalue weighted by molar-refractivity contribution is 5.79. The molecule has 24 heavy (non-hydrogen) atoms. The fraction of sp³-hybridized carbons (Fsp3) is 0.368. The molecule has 126 valence electrons. The number of rotatable bonds is 4. The van der Waals surface area contributed by atoms with Gasteiger partial charge in [0.2, 0.25) is 5.91 Å². The lowest BCUT2D eigenvalue weighted by Gasteiger charge is -2.33. The molecular formula is C19H22FN3O. The van der Waals surface area contributed by atoms with Gasteiger partial charge in [-0.05, 0) is 48.2 Å². The van der Waals surface area contributed by atoms with Gasteiger partial charge in [-0.1, -0.05) is 12.1 Å². The quantitative estimate of drug-likeness (QED) is 0.938. The Balaban J connectivity index is 1.66. The van der Waals surface area contributed by atoms with Crippen molar-refractivity contribution in [2.24, 2.45) is 0 Å². The van der Waals surface area contributed by atoms with Gasteiger partial charge in [-0.2, -0.15) is 0 Å². The van der Waals surface area contributed by atoms with Gasteiger partial charge >= 0.3 is 0 Å². The number of carbonyl (C=O) groups excluding carboxylic acids is 1. The number of benzene rings is 1. The molecule has 0 bridgehead atoms. The van der Waals surface area contributed by atoms with E-state index >= 15 is 0 Å². The van der Waals surface area contributed by atoms with E-state index in [1.807, 2.05) is 18.0 Å². The predicted molar refractivity (Wildman–Crippen MR) is 92.4 cm³/mol. The minimum Gasteiger partial charge on any atom is -0.373 e. The summed E-state index contributed by atoms with van der Waals surface area (Å²) in [5.41, 5.74) is 2.07. The Hall–Kier alpha value is -2.43. The van der Waals surface area contributed by atoms with Crippen LogP contribution in [0.2, 0.25) is 0 Å². The van der Waals surface area contributed by atoms with Crippen molar-refractivity contribution in [1.82, 2.24) is 9.88 Å². The van der Waals surface area contributed by atoms with Crippen LogP contribution in [0, 0.1) is 5.82 Å². The number of piperidine rings is 1. The lowest BCUT2D eigenvalue weighted by molar-refractivity contribution is -0.131. The second-order valence-electron chi connectivity index (χ2n) is 6.21. The Labute approximate surface area is 141 Å². The molecule has 0 saturated carbocycles. The number of aromatic nitrogens is 1. The third-order valence-electron chi connectivity index (χ3n) is 4.55. The largest absolute Gasteiger partial charge is 0.373 e. The monoisotopic (exact) mass is 327 g/mol. The molecule has 1 N–H and O–H groups in total. The van der Waals surface area contributed by atoms with Crippen LogP contribution in [0.1, 0.15) is 29.9 Å². The molecule has 0 radical (unpaired) electrons. The Morgan fingerprint density at radius 3 is 2.88 bits per heavy atom. The summed E-state index contributed by atoms with van der Waals surface area (Å²) >= 11 is 0. The van der Waals surface area contributed by atoms with Crippen LogP contribution in [0.25, 0.3) is 0 Å². The van der Waals surface area contributed by atoms with E-state index in [1.165, 1.54) is 17.7 Å². The third-order valence-corrected chi connectivity index (χ3v) is 4.55. The van der Waals surface area contributed by atoms with Crippen LogP contribution in [0.15, 0.2) is 42.6 Å². The van der Waals surface area contributed by atoms with Crippen LogP contribution in [0.4, 0.5) is 10.2 Å². The fourth-order valence-electron chi connectivity index (χ4n) is 3.20. The first kappa shape index (κ1) is 16.4. The first-order chi connectivity index (χ1) is 11.7. The molecule has 4 nitrogen and oxygen atoms in total. The maximum absolute atomic E-state index is 13.0. The number of amides is 1. The smallest absolute Gasteiger partial charge is 0.227 e. The van der Waals surface area contributed by atoms with Crippen molar-refractivity contribution in [2.45, 2.75) is 25.2 Å². The van der Waals surface area contributed by atoms with Gasteiger partial charge in [-0.3, -0.25) is 4.79 Å². The standard InChI is InChI=1S/C19H22FN3O/c1-21-18-12-15(8-9-22-18)16-3-2-10-23(13-16)19(24)11-14-4-6-17(20)7-5-14/h4-9,12,16H,2-3,10-11,13H2,1H3,(H,21,22). The highest BCUT2D eigenvalue weighted by Gasteiger charge is 2.25. The Kier molecular flexibility index (Phi) is 5.08. The zero-order valence-electron chi connectivity index (χ0n) is 13.8. The van der Waals surface area contributed by atoms with Crippen molar-refractivity contribution in [3.05, 3.63) is 59.5 Å². The molecule has 1 aliphatic rings. The molecule has 1 atom stereocenters. The molecule has 0 spiro atoms. The SMILES string of the molecule is CNc1cc(C2CCCN(C(=O)Cc3ccc(F)cc3)C2)ccn1. The van der Waals surface area contributed by atoms with Gasteiger partial charge in [0.25, 0.3) is 0 Å². The highest BCUT2D eigenvalue weighted by atomic mass is 19.1. The first-order valence-electron chi connectivity index (χ1n) is 8.31. The first-order valence-corrected chi connectivity index (χ1v) is 8.31. The Bertz CT molecular complexity index is 702. The molecule has 3 rings (SSSR count). The summed E-state index contributed by atoms with van der Waals surface area (Å²) in [5, 5.41) is 3.06. The van der Waals surface area contributed by atoms with Crippen molar-refractivity contribution >= 4 is 11.7 Å². The summed E-state index contributed by atoms with van der Waals surface area (Å²) in [5.74, 6) is 1.02. The van der Waals surface area contributed by atoms with Gasteiger partial charge in [0.05, 0.1) is 6.42 Å². The number of hydrogen-bond donors (Lipinski definition) is 1. The average molecular weight is 327 g/mol. The normalized spacial score (nSPS) is 17.6. The molecule has 1 aliphatic heterocycles. The molecule has 2 aromatic rings. The van der Waals surface area contributed by atoms with Gasteiger partial charge in [-0.15, -0.1) is 0 Å². The lowest BCUT2D eigenvalue weighted by Crippen LogP contribution is -2.40. The number of likely N-dealkylation sites (tertiary alicyclic amines) is 1. The van der Waals surface area contributed by atoms with E-state index in [-0.39, 0.29) is 11.7 Å². The molecule has 1 aromatic carbocycles. The van der Waals surface area contributed by atoms with Crippen LogP contribution in [-0.2, 0) is 11.2 Å². The number of halogens is 1. The highest BCUT2D eigenvalue weighted by Crippen LogP contribution is 2.28. The van der Waals surface area contributed by atoms with E-state index in [9.17, 15) is 9.18 Å². The summed E-state index contributed by atoms with van der Waals surface area (Å²) in [4.78, 5) is 18.7. The molecule has 1 amide bonds. The van der Waals surface area contributed by atoms with Gasteiger partial charge in [-0.25, -0.2) is 9.37 Å². The zero-order valence-corrected chi connectivity index (χ0v) is 13.8. The minimum absolute atomic E-state index is 0.106. The number of nitrogens with zero attached hydrogens (tertiary/aromatic N) is 2. The Morgan fingerprint density at radius 1 is 1.33 bits per heavy atom.